The summed E-state index contributed by atoms with van der Waals surface area (Å²) in [7, 11) is 3.61. The summed E-state index contributed by atoms with van der Waals surface area (Å²) in [5.74, 6) is -0.0793. The van der Waals surface area contributed by atoms with E-state index in [1.54, 1.807) is 19.0 Å². The molecular formula is C7H13NO2. The number of carbonyl (C=O) groups excluding carboxylic acids is 2. The number of hydrogen-bond acceptors (Lipinski definition) is 3. The molecule has 58 valence electrons. The lowest BCUT2D eigenvalue weighted by Crippen LogP contribution is -2.22. The van der Waals surface area contributed by atoms with Crippen LogP contribution in [0.15, 0.2) is 0 Å². The molecule has 10 heavy (non-hydrogen) atoms. The van der Waals surface area contributed by atoms with Gasteiger partial charge in [0.25, 0.3) is 0 Å². The van der Waals surface area contributed by atoms with E-state index in [-0.39, 0.29) is 18.0 Å². The molecule has 0 aliphatic rings. The van der Waals surface area contributed by atoms with Gasteiger partial charge in [-0.2, -0.15) is 0 Å². The van der Waals surface area contributed by atoms with Gasteiger partial charge in [0.1, 0.15) is 5.78 Å². The molecule has 0 fully saturated rings. The molecule has 0 saturated heterocycles. The van der Waals surface area contributed by atoms with Crippen molar-refractivity contribution in [1.82, 2.24) is 4.90 Å². The normalized spacial score (nSPS) is 10.0. The van der Waals surface area contributed by atoms with Crippen LogP contribution in [0, 0.1) is 0 Å². The monoisotopic (exact) mass is 143 g/mol. The van der Waals surface area contributed by atoms with E-state index >= 15 is 0 Å². The number of hydrogen-bond donors (Lipinski definition) is 0. The van der Waals surface area contributed by atoms with Crippen molar-refractivity contribution in [2.24, 2.45) is 0 Å². The fraction of sp³-hybridized carbons (Fsp3) is 0.714. The first-order valence-corrected chi connectivity index (χ1v) is 3.18. The molecule has 3 nitrogen and oxygen atoms in total. The van der Waals surface area contributed by atoms with Crippen LogP contribution in [0.2, 0.25) is 0 Å². The minimum atomic E-state index is -0.0631. The number of ketones is 2. The van der Waals surface area contributed by atoms with Gasteiger partial charge in [-0.05, 0) is 21.0 Å². The number of likely N-dealkylation sites (N-methyl/N-ethyl adjacent to an activating group) is 1. The molecule has 0 aromatic carbocycles. The van der Waals surface area contributed by atoms with E-state index in [0.717, 1.165) is 0 Å². The Labute approximate surface area is 61.0 Å². The third-order valence-electron chi connectivity index (χ3n) is 0.939. The highest BCUT2D eigenvalue weighted by molar-refractivity contribution is 5.98. The van der Waals surface area contributed by atoms with Crippen LogP contribution < -0.4 is 0 Å². The lowest BCUT2D eigenvalue weighted by molar-refractivity contribution is -0.126. The van der Waals surface area contributed by atoms with Crippen molar-refractivity contribution in [3.63, 3.8) is 0 Å². The molecule has 0 unspecified atom stereocenters. The number of nitrogens with zero attached hydrogens (tertiary/aromatic N) is 1. The van der Waals surface area contributed by atoms with Crippen LogP contribution in [0.3, 0.4) is 0 Å². The Hall–Kier alpha value is -0.700. The highest BCUT2D eigenvalue weighted by Gasteiger charge is 2.05. The van der Waals surface area contributed by atoms with Crippen LogP contribution in [0.25, 0.3) is 0 Å². The van der Waals surface area contributed by atoms with Crippen LogP contribution in [-0.2, 0) is 9.59 Å². The minimum Gasteiger partial charge on any atom is -0.302 e. The molecule has 0 bridgehead atoms. The lowest BCUT2D eigenvalue weighted by Gasteiger charge is -2.05. The molecule has 0 saturated carbocycles. The first-order valence-electron chi connectivity index (χ1n) is 3.18. The molecule has 0 spiro atoms. The van der Waals surface area contributed by atoms with Crippen molar-refractivity contribution >= 4 is 11.6 Å². The number of carbonyl (C=O) groups is 2. The van der Waals surface area contributed by atoms with Crippen molar-refractivity contribution in [1.29, 1.82) is 0 Å². The van der Waals surface area contributed by atoms with Gasteiger partial charge in [0.2, 0.25) is 0 Å². The second-order valence-corrected chi connectivity index (χ2v) is 2.66. The second-order valence-electron chi connectivity index (χ2n) is 2.66. The van der Waals surface area contributed by atoms with Gasteiger partial charge < -0.3 is 4.90 Å². The maximum Gasteiger partial charge on any atom is 0.154 e. The Kier molecular flexibility index (Phi) is 3.88. The van der Waals surface area contributed by atoms with E-state index in [2.05, 4.69) is 0 Å². The summed E-state index contributed by atoms with van der Waals surface area (Å²) < 4.78 is 0. The zero-order chi connectivity index (χ0) is 8.15. The second kappa shape index (κ2) is 4.17. The summed E-state index contributed by atoms with van der Waals surface area (Å²) in [5.41, 5.74) is 0. The van der Waals surface area contributed by atoms with Gasteiger partial charge in [-0.1, -0.05) is 0 Å². The van der Waals surface area contributed by atoms with E-state index in [4.69, 9.17) is 0 Å². The van der Waals surface area contributed by atoms with E-state index in [1.165, 1.54) is 6.92 Å². The highest BCUT2D eigenvalue weighted by Crippen LogP contribution is 1.86. The van der Waals surface area contributed by atoms with Crippen molar-refractivity contribution < 1.29 is 9.59 Å². The quantitative estimate of drug-likeness (QED) is 0.524. The Morgan fingerprint density at radius 1 is 1.30 bits per heavy atom. The summed E-state index contributed by atoms with van der Waals surface area (Å²) >= 11 is 0. The molecule has 0 radical (unpaired) electrons. The molecule has 0 atom stereocenters. The molecule has 0 aromatic rings. The average Bonchev–Trinajstić information content (AvgIpc) is 1.58. The van der Waals surface area contributed by atoms with Crippen molar-refractivity contribution in [3.8, 4) is 0 Å². The van der Waals surface area contributed by atoms with Crippen LogP contribution >= 0.6 is 0 Å². The van der Waals surface area contributed by atoms with Crippen molar-refractivity contribution in [2.75, 3.05) is 20.6 Å². The summed E-state index contributed by atoms with van der Waals surface area (Å²) in [5, 5.41) is 0. The van der Waals surface area contributed by atoms with Crippen molar-refractivity contribution in [3.05, 3.63) is 0 Å². The summed E-state index contributed by atoms with van der Waals surface area (Å²) in [6.07, 6.45) is 0.0676. The van der Waals surface area contributed by atoms with Gasteiger partial charge in [-0.3, -0.25) is 9.59 Å². The standard InChI is InChI=1S/C7H13NO2/c1-6(9)4-7(10)5-8(2)3/h4-5H2,1-3H3. The molecule has 0 amide bonds. The van der Waals surface area contributed by atoms with E-state index < -0.39 is 0 Å². The number of Topliss-reactive ketones (excluding diaryl/α,β-unsaturated/α-hetero) is 2. The van der Waals surface area contributed by atoms with Crippen LogP contribution in [0.1, 0.15) is 13.3 Å². The lowest BCUT2D eigenvalue weighted by atomic mass is 10.2. The van der Waals surface area contributed by atoms with Crippen LogP contribution in [0.5, 0.6) is 0 Å². The maximum atomic E-state index is 10.8. The highest BCUT2D eigenvalue weighted by atomic mass is 16.1. The predicted octanol–water partition coefficient (Wildman–Crippen LogP) is 0.0962. The van der Waals surface area contributed by atoms with Crippen molar-refractivity contribution in [2.45, 2.75) is 13.3 Å². The third kappa shape index (κ3) is 5.44. The largest absolute Gasteiger partial charge is 0.302 e. The van der Waals surface area contributed by atoms with E-state index in [9.17, 15) is 9.59 Å². The average molecular weight is 143 g/mol. The minimum absolute atomic E-state index is 0.0162. The van der Waals surface area contributed by atoms with E-state index in [1.807, 2.05) is 0 Å². The zero-order valence-corrected chi connectivity index (χ0v) is 6.68. The topological polar surface area (TPSA) is 37.4 Å². The van der Waals surface area contributed by atoms with Gasteiger partial charge in [0, 0.05) is 0 Å². The number of rotatable bonds is 4. The molecule has 3 heteroatoms. The van der Waals surface area contributed by atoms with Gasteiger partial charge in [0.15, 0.2) is 5.78 Å². The summed E-state index contributed by atoms with van der Waals surface area (Å²) in [6.45, 7) is 1.78. The van der Waals surface area contributed by atoms with Crippen LogP contribution in [0.4, 0.5) is 0 Å². The Morgan fingerprint density at radius 3 is 2.10 bits per heavy atom. The molecule has 0 aromatic heterocycles. The predicted molar refractivity (Wildman–Crippen MR) is 38.9 cm³/mol. The van der Waals surface area contributed by atoms with Gasteiger partial charge in [0.05, 0.1) is 13.0 Å². The fourth-order valence-electron chi connectivity index (χ4n) is 0.686. The zero-order valence-electron chi connectivity index (χ0n) is 6.68. The summed E-state index contributed by atoms with van der Waals surface area (Å²) in [4.78, 5) is 23.0. The van der Waals surface area contributed by atoms with Gasteiger partial charge in [-0.25, -0.2) is 0 Å². The Morgan fingerprint density at radius 2 is 1.80 bits per heavy atom. The molecule has 0 heterocycles. The Balaban J connectivity index is 3.54. The molecule has 0 aliphatic heterocycles. The summed E-state index contributed by atoms with van der Waals surface area (Å²) in [6, 6.07) is 0. The SMILES string of the molecule is CC(=O)CC(=O)CN(C)C. The first-order chi connectivity index (χ1) is 4.52. The molecule has 0 aliphatic carbocycles. The molecular weight excluding hydrogens is 130 g/mol. The van der Waals surface area contributed by atoms with Gasteiger partial charge >= 0.3 is 0 Å². The fourth-order valence-corrected chi connectivity index (χ4v) is 0.686. The Bertz CT molecular complexity index is 141. The van der Waals surface area contributed by atoms with Crippen LogP contribution in [-0.4, -0.2) is 37.1 Å². The first kappa shape index (κ1) is 9.30. The van der Waals surface area contributed by atoms with Gasteiger partial charge in [-0.15, -0.1) is 0 Å². The third-order valence-corrected chi connectivity index (χ3v) is 0.939. The maximum absolute atomic E-state index is 10.8. The molecule has 0 N–H and O–H groups in total. The molecule has 0 rings (SSSR count). The van der Waals surface area contributed by atoms with E-state index in [0.29, 0.717) is 6.54 Å². The smallest absolute Gasteiger partial charge is 0.154 e.